The molecule has 0 saturated heterocycles. The largest absolute Gasteiger partial charge is 0.373 e. The van der Waals surface area contributed by atoms with E-state index < -0.39 is 0 Å². The summed E-state index contributed by atoms with van der Waals surface area (Å²) < 4.78 is 7.52. The van der Waals surface area contributed by atoms with E-state index in [1.807, 2.05) is 17.1 Å². The number of nitrogens with zero attached hydrogens (tertiary/aromatic N) is 5. The first-order chi connectivity index (χ1) is 13.3. The second-order valence-electron chi connectivity index (χ2n) is 7.31. The van der Waals surface area contributed by atoms with Gasteiger partial charge in [-0.25, -0.2) is 9.97 Å². The van der Waals surface area contributed by atoms with Crippen LogP contribution in [0.1, 0.15) is 31.4 Å². The minimum atomic E-state index is 0.148. The SMILES string of the molecule is N[C@H]1CCCC[C@H]1Nc1ncc2cncc(-c3cc4n(n3)CCOC4)c2n1. The van der Waals surface area contributed by atoms with Crippen molar-refractivity contribution in [2.24, 2.45) is 5.73 Å². The maximum Gasteiger partial charge on any atom is 0.223 e. The summed E-state index contributed by atoms with van der Waals surface area (Å²) in [6.45, 7) is 2.06. The fourth-order valence-electron chi connectivity index (χ4n) is 3.94. The van der Waals surface area contributed by atoms with E-state index in [2.05, 4.69) is 21.4 Å². The fraction of sp³-hybridized carbons (Fsp3) is 0.474. The van der Waals surface area contributed by atoms with Crippen molar-refractivity contribution in [3.63, 3.8) is 0 Å². The van der Waals surface area contributed by atoms with Crippen molar-refractivity contribution >= 4 is 16.9 Å². The van der Waals surface area contributed by atoms with Gasteiger partial charge in [-0.15, -0.1) is 0 Å². The van der Waals surface area contributed by atoms with Gasteiger partial charge in [-0.3, -0.25) is 9.67 Å². The number of hydrogen-bond donors (Lipinski definition) is 2. The van der Waals surface area contributed by atoms with E-state index >= 15 is 0 Å². The van der Waals surface area contributed by atoms with E-state index in [-0.39, 0.29) is 12.1 Å². The molecular weight excluding hydrogens is 342 g/mol. The molecule has 0 unspecified atom stereocenters. The number of anilines is 1. The van der Waals surface area contributed by atoms with E-state index in [0.717, 1.165) is 47.2 Å². The van der Waals surface area contributed by atoms with Gasteiger partial charge < -0.3 is 15.8 Å². The molecule has 1 saturated carbocycles. The van der Waals surface area contributed by atoms with Crippen LogP contribution in [0.2, 0.25) is 0 Å². The highest BCUT2D eigenvalue weighted by molar-refractivity contribution is 5.91. The van der Waals surface area contributed by atoms with Crippen LogP contribution in [0.25, 0.3) is 22.2 Å². The molecule has 0 amide bonds. The normalized spacial score (nSPS) is 22.6. The smallest absolute Gasteiger partial charge is 0.223 e. The number of ether oxygens (including phenoxy) is 1. The molecule has 0 spiro atoms. The van der Waals surface area contributed by atoms with Crippen LogP contribution in [-0.2, 0) is 17.9 Å². The van der Waals surface area contributed by atoms with Crippen molar-refractivity contribution < 1.29 is 4.74 Å². The van der Waals surface area contributed by atoms with Gasteiger partial charge in [0, 0.05) is 41.6 Å². The van der Waals surface area contributed by atoms with Crippen molar-refractivity contribution in [2.45, 2.75) is 50.9 Å². The zero-order chi connectivity index (χ0) is 18.2. The molecule has 3 N–H and O–H groups in total. The minimum Gasteiger partial charge on any atom is -0.373 e. The van der Waals surface area contributed by atoms with Gasteiger partial charge in [-0.1, -0.05) is 12.8 Å². The molecule has 27 heavy (non-hydrogen) atoms. The van der Waals surface area contributed by atoms with Crippen LogP contribution in [0.5, 0.6) is 0 Å². The Morgan fingerprint density at radius 1 is 1.19 bits per heavy atom. The van der Waals surface area contributed by atoms with Gasteiger partial charge in [0.05, 0.1) is 36.7 Å². The first-order valence-corrected chi connectivity index (χ1v) is 9.55. The summed E-state index contributed by atoms with van der Waals surface area (Å²) >= 11 is 0. The van der Waals surface area contributed by atoms with E-state index in [0.29, 0.717) is 19.2 Å². The average Bonchev–Trinajstić information content (AvgIpc) is 3.13. The van der Waals surface area contributed by atoms with Crippen LogP contribution < -0.4 is 11.1 Å². The van der Waals surface area contributed by atoms with Gasteiger partial charge in [-0.2, -0.15) is 5.10 Å². The summed E-state index contributed by atoms with van der Waals surface area (Å²) in [5.41, 5.74) is 9.97. The Morgan fingerprint density at radius 2 is 2.11 bits per heavy atom. The summed E-state index contributed by atoms with van der Waals surface area (Å²) in [7, 11) is 0. The molecule has 2 atom stereocenters. The van der Waals surface area contributed by atoms with Crippen LogP contribution in [0, 0.1) is 0 Å². The number of nitrogens with two attached hydrogens (primary N) is 1. The fourth-order valence-corrected chi connectivity index (χ4v) is 3.94. The van der Waals surface area contributed by atoms with Crippen molar-refractivity contribution in [1.82, 2.24) is 24.7 Å². The summed E-state index contributed by atoms with van der Waals surface area (Å²) in [6, 6.07) is 2.43. The van der Waals surface area contributed by atoms with Crippen molar-refractivity contribution in [3.05, 3.63) is 30.4 Å². The highest BCUT2D eigenvalue weighted by Gasteiger charge is 2.23. The monoisotopic (exact) mass is 365 g/mol. The molecule has 2 aliphatic rings. The Hall–Kier alpha value is -2.58. The number of aromatic nitrogens is 5. The zero-order valence-corrected chi connectivity index (χ0v) is 15.1. The summed E-state index contributed by atoms with van der Waals surface area (Å²) in [4.78, 5) is 13.6. The molecule has 0 bridgehead atoms. The Bertz CT molecular complexity index is 946. The first-order valence-electron chi connectivity index (χ1n) is 9.55. The Labute approximate surface area is 157 Å². The number of pyridine rings is 1. The van der Waals surface area contributed by atoms with Crippen molar-refractivity contribution in [2.75, 3.05) is 11.9 Å². The molecule has 4 heterocycles. The number of rotatable bonds is 3. The van der Waals surface area contributed by atoms with Crippen LogP contribution in [0.3, 0.4) is 0 Å². The van der Waals surface area contributed by atoms with Crippen LogP contribution in [0.4, 0.5) is 5.95 Å². The molecule has 1 aliphatic carbocycles. The highest BCUT2D eigenvalue weighted by atomic mass is 16.5. The lowest BCUT2D eigenvalue weighted by Crippen LogP contribution is -2.42. The van der Waals surface area contributed by atoms with Gasteiger partial charge in [0.2, 0.25) is 5.95 Å². The standard InChI is InChI=1S/C19H23N7O/c20-15-3-1-2-4-16(15)23-19-22-9-12-8-21-10-14(18(12)24-19)17-7-13-11-27-6-5-26(13)25-17/h7-10,15-16H,1-6,11,20H2,(H,22,23,24)/t15-,16+/m0/s1. The second kappa shape index (κ2) is 6.86. The molecule has 3 aromatic rings. The predicted molar refractivity (Wildman–Crippen MR) is 102 cm³/mol. The second-order valence-corrected chi connectivity index (χ2v) is 7.31. The lowest BCUT2D eigenvalue weighted by Gasteiger charge is -2.29. The highest BCUT2D eigenvalue weighted by Crippen LogP contribution is 2.28. The summed E-state index contributed by atoms with van der Waals surface area (Å²) in [5, 5.41) is 9.06. The molecule has 1 fully saturated rings. The quantitative estimate of drug-likeness (QED) is 0.732. The maximum absolute atomic E-state index is 6.26. The van der Waals surface area contributed by atoms with Gasteiger partial charge in [0.1, 0.15) is 0 Å². The molecule has 1 aliphatic heterocycles. The third kappa shape index (κ3) is 3.15. The Morgan fingerprint density at radius 3 is 3.00 bits per heavy atom. The van der Waals surface area contributed by atoms with E-state index in [1.165, 1.54) is 12.8 Å². The van der Waals surface area contributed by atoms with Crippen LogP contribution >= 0.6 is 0 Å². The lowest BCUT2D eigenvalue weighted by atomic mass is 9.91. The Balaban J connectivity index is 1.52. The molecule has 140 valence electrons. The number of hydrogen-bond acceptors (Lipinski definition) is 7. The lowest BCUT2D eigenvalue weighted by molar-refractivity contribution is 0.0801. The predicted octanol–water partition coefficient (Wildman–Crippen LogP) is 2.10. The average molecular weight is 365 g/mol. The van der Waals surface area contributed by atoms with Crippen molar-refractivity contribution in [1.29, 1.82) is 0 Å². The van der Waals surface area contributed by atoms with Gasteiger partial charge in [-0.05, 0) is 18.9 Å². The Kier molecular flexibility index (Phi) is 4.21. The summed E-state index contributed by atoms with van der Waals surface area (Å²) in [5.74, 6) is 0.615. The topological polar surface area (TPSA) is 104 Å². The van der Waals surface area contributed by atoms with E-state index in [4.69, 9.17) is 20.6 Å². The molecular formula is C19H23N7O. The van der Waals surface area contributed by atoms with Gasteiger partial charge >= 0.3 is 0 Å². The molecule has 8 nitrogen and oxygen atoms in total. The van der Waals surface area contributed by atoms with Crippen LogP contribution in [-0.4, -0.2) is 43.4 Å². The number of fused-ring (bicyclic) bond motifs is 2. The molecule has 0 radical (unpaired) electrons. The molecule has 8 heteroatoms. The van der Waals surface area contributed by atoms with E-state index in [9.17, 15) is 0 Å². The molecule has 5 rings (SSSR count). The van der Waals surface area contributed by atoms with Crippen molar-refractivity contribution in [3.8, 4) is 11.3 Å². The third-order valence-corrected chi connectivity index (χ3v) is 5.46. The minimum absolute atomic E-state index is 0.148. The molecule has 0 aromatic carbocycles. The van der Waals surface area contributed by atoms with Gasteiger partial charge in [0.15, 0.2) is 0 Å². The maximum atomic E-state index is 6.26. The molecule has 3 aromatic heterocycles. The summed E-state index contributed by atoms with van der Waals surface area (Å²) in [6.07, 6.45) is 9.91. The van der Waals surface area contributed by atoms with E-state index in [1.54, 1.807) is 6.20 Å². The van der Waals surface area contributed by atoms with Gasteiger partial charge in [0.25, 0.3) is 0 Å². The third-order valence-electron chi connectivity index (χ3n) is 5.46. The first kappa shape index (κ1) is 16.6. The number of nitrogens with one attached hydrogen (secondary N) is 1. The zero-order valence-electron chi connectivity index (χ0n) is 15.1. The van der Waals surface area contributed by atoms with Crippen LogP contribution in [0.15, 0.2) is 24.7 Å².